The molecule has 176 valence electrons. The molecule has 0 fully saturated rings. The van der Waals surface area contributed by atoms with E-state index in [1.54, 1.807) is 30.3 Å². The Balaban J connectivity index is 1.54. The molecule has 0 aromatic heterocycles. The van der Waals surface area contributed by atoms with Crippen molar-refractivity contribution in [2.75, 3.05) is 5.32 Å². The van der Waals surface area contributed by atoms with E-state index in [0.717, 1.165) is 6.07 Å². The molecular weight excluding hydrogens is 445 g/mol. The van der Waals surface area contributed by atoms with Crippen molar-refractivity contribution < 1.29 is 27.5 Å². The zero-order valence-electron chi connectivity index (χ0n) is 18.5. The molecule has 1 N–H and O–H groups in total. The van der Waals surface area contributed by atoms with Gasteiger partial charge in [-0.1, -0.05) is 19.1 Å². The zero-order valence-corrected chi connectivity index (χ0v) is 18.5. The molecule has 1 atom stereocenters. The molecule has 0 spiro atoms. The summed E-state index contributed by atoms with van der Waals surface area (Å²) >= 11 is 0. The van der Waals surface area contributed by atoms with Gasteiger partial charge in [-0.2, -0.15) is 0 Å². The van der Waals surface area contributed by atoms with E-state index < -0.39 is 17.7 Å². The van der Waals surface area contributed by atoms with Crippen molar-refractivity contribution in [3.05, 3.63) is 94.8 Å². The minimum absolute atomic E-state index is 0.00790. The fourth-order valence-corrected chi connectivity index (χ4v) is 3.89. The van der Waals surface area contributed by atoms with Crippen molar-refractivity contribution in [1.29, 1.82) is 0 Å². The van der Waals surface area contributed by atoms with E-state index in [1.165, 1.54) is 29.2 Å². The minimum atomic E-state index is -0.737. The fraction of sp³-hybridized carbons (Fsp3) is 0.231. The number of carbonyl (C=O) groups is 2. The Morgan fingerprint density at radius 3 is 2.35 bits per heavy atom. The van der Waals surface area contributed by atoms with Crippen molar-refractivity contribution in [2.24, 2.45) is 0 Å². The predicted molar refractivity (Wildman–Crippen MR) is 120 cm³/mol. The number of nitrogens with one attached hydrogen (secondary N) is 1. The average Bonchev–Trinajstić information content (AvgIpc) is 2.91. The minimum Gasteiger partial charge on any atom is -0.480 e. The number of nitrogens with zero attached hydrogens (tertiary/aromatic N) is 1. The Bertz CT molecular complexity index is 1190. The van der Waals surface area contributed by atoms with Crippen LogP contribution < -0.4 is 10.1 Å². The molecule has 8 heteroatoms. The van der Waals surface area contributed by atoms with Crippen LogP contribution in [0.4, 0.5) is 18.9 Å². The van der Waals surface area contributed by atoms with Crippen LogP contribution in [-0.2, 0) is 29.1 Å². The lowest BCUT2D eigenvalue weighted by Gasteiger charge is -2.23. The smallest absolute Gasteiger partial charge is 0.264 e. The number of fused-ring (bicyclic) bond motifs is 1. The van der Waals surface area contributed by atoms with Gasteiger partial charge in [-0.25, -0.2) is 13.2 Å². The summed E-state index contributed by atoms with van der Waals surface area (Å²) in [7, 11) is 0. The van der Waals surface area contributed by atoms with Crippen molar-refractivity contribution in [3.8, 4) is 5.75 Å². The van der Waals surface area contributed by atoms with Crippen LogP contribution in [0.3, 0.4) is 0 Å². The van der Waals surface area contributed by atoms with Crippen LogP contribution in [0.2, 0.25) is 0 Å². The highest BCUT2D eigenvalue weighted by molar-refractivity contribution is 5.92. The quantitative estimate of drug-likeness (QED) is 0.555. The first-order valence-corrected chi connectivity index (χ1v) is 10.9. The van der Waals surface area contributed by atoms with Gasteiger partial charge in [0, 0.05) is 30.4 Å². The zero-order chi connectivity index (χ0) is 24.2. The standard InChI is InChI=1S/C26H23F3N2O3/c1-2-23-26(33)31(14-17-9-20(28)13-21(29)10-17)15-18-12-22(7-8-24(18)34-23)30-25(32)11-16-3-5-19(27)6-4-16/h3-10,12-13,23H,2,11,14-15H2,1H3,(H,30,32). The molecule has 0 bridgehead atoms. The number of ether oxygens (including phenoxy) is 1. The van der Waals surface area contributed by atoms with E-state index in [-0.39, 0.29) is 37.1 Å². The highest BCUT2D eigenvalue weighted by Crippen LogP contribution is 2.30. The first-order valence-electron chi connectivity index (χ1n) is 10.9. The van der Waals surface area contributed by atoms with Crippen LogP contribution in [0.1, 0.15) is 30.0 Å². The molecule has 3 aromatic carbocycles. The van der Waals surface area contributed by atoms with Gasteiger partial charge in [-0.3, -0.25) is 9.59 Å². The lowest BCUT2D eigenvalue weighted by Crippen LogP contribution is -2.38. The maximum atomic E-state index is 13.7. The first-order chi connectivity index (χ1) is 16.3. The van der Waals surface area contributed by atoms with Crippen LogP contribution in [0.15, 0.2) is 60.7 Å². The molecule has 1 aliphatic heterocycles. The second-order valence-corrected chi connectivity index (χ2v) is 8.16. The Labute approximate surface area is 195 Å². The Morgan fingerprint density at radius 2 is 1.68 bits per heavy atom. The number of halogens is 3. The summed E-state index contributed by atoms with van der Waals surface area (Å²) in [5, 5.41) is 2.80. The summed E-state index contributed by atoms with van der Waals surface area (Å²) in [5.41, 5.74) is 2.16. The number of anilines is 1. The molecule has 1 aliphatic rings. The van der Waals surface area contributed by atoms with Crippen LogP contribution >= 0.6 is 0 Å². The number of amides is 2. The first kappa shape index (κ1) is 23.4. The van der Waals surface area contributed by atoms with E-state index >= 15 is 0 Å². The van der Waals surface area contributed by atoms with Gasteiger partial charge in [-0.05, 0) is 60.0 Å². The van der Waals surface area contributed by atoms with Crippen LogP contribution in [0.5, 0.6) is 5.75 Å². The van der Waals surface area contributed by atoms with Gasteiger partial charge in [0.2, 0.25) is 5.91 Å². The molecule has 5 nitrogen and oxygen atoms in total. The molecule has 4 rings (SSSR count). The summed E-state index contributed by atoms with van der Waals surface area (Å²) < 4.78 is 46.3. The molecule has 34 heavy (non-hydrogen) atoms. The van der Waals surface area contributed by atoms with E-state index in [1.807, 2.05) is 6.92 Å². The third kappa shape index (κ3) is 5.57. The third-order valence-electron chi connectivity index (χ3n) is 5.51. The number of rotatable bonds is 6. The molecule has 3 aromatic rings. The normalized spacial score (nSPS) is 15.4. The monoisotopic (exact) mass is 468 g/mol. The second-order valence-electron chi connectivity index (χ2n) is 8.16. The maximum absolute atomic E-state index is 13.7. The SMILES string of the molecule is CCC1Oc2ccc(NC(=O)Cc3ccc(F)cc3)cc2CN(Cc2cc(F)cc(F)c2)C1=O. The van der Waals surface area contributed by atoms with Gasteiger partial charge in [0.25, 0.3) is 5.91 Å². The predicted octanol–water partition coefficient (Wildman–Crippen LogP) is 4.98. The number of benzene rings is 3. The van der Waals surface area contributed by atoms with Crippen LogP contribution in [0.25, 0.3) is 0 Å². The summed E-state index contributed by atoms with van der Waals surface area (Å²) in [4.78, 5) is 27.0. The highest BCUT2D eigenvalue weighted by Gasteiger charge is 2.30. The summed E-state index contributed by atoms with van der Waals surface area (Å²) in [6.07, 6.45) is -0.247. The third-order valence-corrected chi connectivity index (χ3v) is 5.51. The van der Waals surface area contributed by atoms with E-state index in [4.69, 9.17) is 4.74 Å². The maximum Gasteiger partial charge on any atom is 0.264 e. The Kier molecular flexibility index (Phi) is 6.86. The van der Waals surface area contributed by atoms with Crippen molar-refractivity contribution in [1.82, 2.24) is 4.90 Å². The van der Waals surface area contributed by atoms with E-state index in [9.17, 15) is 22.8 Å². The number of carbonyl (C=O) groups excluding carboxylic acids is 2. The van der Waals surface area contributed by atoms with Crippen molar-refractivity contribution >= 4 is 17.5 Å². The summed E-state index contributed by atoms with van der Waals surface area (Å²) in [6.45, 7) is 1.97. The van der Waals surface area contributed by atoms with Gasteiger partial charge in [0.05, 0.1) is 6.42 Å². The molecule has 0 radical (unpaired) electrons. The Hall–Kier alpha value is -3.81. The second kappa shape index (κ2) is 9.99. The van der Waals surface area contributed by atoms with E-state index in [0.29, 0.717) is 34.5 Å². The molecular formula is C26H23F3N2O3. The Morgan fingerprint density at radius 1 is 0.971 bits per heavy atom. The van der Waals surface area contributed by atoms with Gasteiger partial charge >= 0.3 is 0 Å². The average molecular weight is 468 g/mol. The van der Waals surface area contributed by atoms with Crippen LogP contribution in [-0.4, -0.2) is 22.8 Å². The van der Waals surface area contributed by atoms with Crippen molar-refractivity contribution in [2.45, 2.75) is 39.0 Å². The topological polar surface area (TPSA) is 58.6 Å². The largest absolute Gasteiger partial charge is 0.480 e. The molecule has 0 saturated carbocycles. The van der Waals surface area contributed by atoms with E-state index in [2.05, 4.69) is 5.32 Å². The summed E-state index contributed by atoms with van der Waals surface area (Å²) in [6, 6.07) is 13.9. The number of hydrogen-bond donors (Lipinski definition) is 1. The molecule has 1 heterocycles. The lowest BCUT2D eigenvalue weighted by atomic mass is 10.1. The molecule has 1 unspecified atom stereocenters. The molecule has 0 aliphatic carbocycles. The van der Waals surface area contributed by atoms with Gasteiger partial charge < -0.3 is 15.0 Å². The number of hydrogen-bond acceptors (Lipinski definition) is 3. The summed E-state index contributed by atoms with van der Waals surface area (Å²) in [5.74, 6) is -1.87. The van der Waals surface area contributed by atoms with Gasteiger partial charge in [0.1, 0.15) is 23.2 Å². The molecule has 2 amide bonds. The van der Waals surface area contributed by atoms with Gasteiger partial charge in [0.15, 0.2) is 6.10 Å². The van der Waals surface area contributed by atoms with Crippen LogP contribution in [0, 0.1) is 17.5 Å². The lowest BCUT2D eigenvalue weighted by molar-refractivity contribution is -0.139. The highest BCUT2D eigenvalue weighted by atomic mass is 19.1. The molecule has 0 saturated heterocycles. The fourth-order valence-electron chi connectivity index (χ4n) is 3.89. The van der Waals surface area contributed by atoms with Crippen molar-refractivity contribution in [3.63, 3.8) is 0 Å². The van der Waals surface area contributed by atoms with Gasteiger partial charge in [-0.15, -0.1) is 0 Å².